The number of nitrogens with zero attached hydrogens (tertiary/aromatic N) is 4. The van der Waals surface area contributed by atoms with Crippen LogP contribution in [0, 0.1) is 6.92 Å². The fourth-order valence-corrected chi connectivity index (χ4v) is 3.58. The molecule has 0 bridgehead atoms. The minimum Gasteiger partial charge on any atom is -0.336 e. The molecule has 0 aliphatic heterocycles. The van der Waals surface area contributed by atoms with Gasteiger partial charge in [-0.2, -0.15) is 0 Å². The third kappa shape index (κ3) is 2.97. The molecule has 0 unspecified atom stereocenters. The van der Waals surface area contributed by atoms with Gasteiger partial charge in [-0.15, -0.1) is 11.3 Å². The van der Waals surface area contributed by atoms with Crippen LogP contribution in [0.2, 0.25) is 0 Å². The minimum absolute atomic E-state index is 0.119. The molecule has 3 heterocycles. The summed E-state index contributed by atoms with van der Waals surface area (Å²) < 4.78 is 2.49. The van der Waals surface area contributed by atoms with E-state index < -0.39 is 0 Å². The van der Waals surface area contributed by atoms with E-state index in [2.05, 4.69) is 9.97 Å². The van der Waals surface area contributed by atoms with Gasteiger partial charge in [0.2, 0.25) is 0 Å². The lowest BCUT2D eigenvalue weighted by atomic mass is 10.2. The zero-order valence-electron chi connectivity index (χ0n) is 14.3. The zero-order chi connectivity index (χ0) is 18.3. The summed E-state index contributed by atoms with van der Waals surface area (Å²) in [5.74, 6) is -0.119. The number of rotatable bonds is 3. The smallest absolute Gasteiger partial charge is 0.258 e. The Balaban J connectivity index is 1.61. The summed E-state index contributed by atoms with van der Waals surface area (Å²) in [6.45, 7) is 2.19. The highest BCUT2D eigenvalue weighted by atomic mass is 32.1. The first-order valence-electron chi connectivity index (χ1n) is 8.09. The van der Waals surface area contributed by atoms with Crippen molar-refractivity contribution in [3.63, 3.8) is 0 Å². The molecule has 3 aromatic heterocycles. The van der Waals surface area contributed by atoms with Crippen molar-refractivity contribution in [1.29, 1.82) is 0 Å². The highest BCUT2D eigenvalue weighted by molar-refractivity contribution is 7.16. The Labute approximate surface area is 153 Å². The average molecular weight is 364 g/mol. The Hall–Kier alpha value is -3.06. The lowest BCUT2D eigenvalue weighted by Crippen LogP contribution is -2.28. The molecule has 1 aromatic carbocycles. The van der Waals surface area contributed by atoms with Crippen molar-refractivity contribution in [2.24, 2.45) is 0 Å². The second-order valence-corrected chi connectivity index (χ2v) is 7.10. The topological polar surface area (TPSA) is 67.6 Å². The van der Waals surface area contributed by atoms with Gasteiger partial charge in [0.05, 0.1) is 28.0 Å². The lowest BCUT2D eigenvalue weighted by Gasteiger charge is -2.17. The monoisotopic (exact) mass is 364 g/mol. The van der Waals surface area contributed by atoms with E-state index in [0.717, 1.165) is 15.8 Å². The molecule has 1 amide bonds. The van der Waals surface area contributed by atoms with E-state index in [0.29, 0.717) is 16.9 Å². The number of aromatic nitrogens is 3. The number of amides is 1. The Kier molecular flexibility index (Phi) is 4.00. The van der Waals surface area contributed by atoms with Crippen molar-refractivity contribution in [3.05, 3.63) is 75.3 Å². The maximum Gasteiger partial charge on any atom is 0.258 e. The number of carbonyl (C=O) groups is 1. The van der Waals surface area contributed by atoms with Crippen molar-refractivity contribution in [1.82, 2.24) is 19.3 Å². The summed E-state index contributed by atoms with van der Waals surface area (Å²) in [4.78, 5) is 35.3. The van der Waals surface area contributed by atoms with E-state index in [-0.39, 0.29) is 18.0 Å². The van der Waals surface area contributed by atoms with Gasteiger partial charge in [0.1, 0.15) is 5.65 Å². The molecule has 7 heteroatoms. The summed E-state index contributed by atoms with van der Waals surface area (Å²) in [7, 11) is 1.71. The largest absolute Gasteiger partial charge is 0.336 e. The molecule has 26 heavy (non-hydrogen) atoms. The van der Waals surface area contributed by atoms with Gasteiger partial charge in [0.25, 0.3) is 11.5 Å². The number of pyridine rings is 1. The van der Waals surface area contributed by atoms with Crippen molar-refractivity contribution in [3.8, 4) is 0 Å². The number of hydrogen-bond donors (Lipinski definition) is 0. The Morgan fingerprint density at radius 1 is 1.23 bits per heavy atom. The van der Waals surface area contributed by atoms with Crippen LogP contribution >= 0.6 is 11.3 Å². The van der Waals surface area contributed by atoms with Gasteiger partial charge in [-0.1, -0.05) is 6.07 Å². The van der Waals surface area contributed by atoms with Gasteiger partial charge < -0.3 is 4.90 Å². The van der Waals surface area contributed by atoms with Crippen molar-refractivity contribution < 1.29 is 4.79 Å². The van der Waals surface area contributed by atoms with E-state index in [1.54, 1.807) is 35.8 Å². The molecule has 4 rings (SSSR count). The number of fused-ring (bicyclic) bond motifs is 2. The third-order valence-electron chi connectivity index (χ3n) is 4.18. The molecule has 6 nitrogen and oxygen atoms in total. The molecule has 0 saturated heterocycles. The van der Waals surface area contributed by atoms with E-state index in [4.69, 9.17) is 0 Å². The van der Waals surface area contributed by atoms with Crippen LogP contribution in [0.5, 0.6) is 0 Å². The quantitative estimate of drug-likeness (QED) is 0.561. The van der Waals surface area contributed by atoms with Crippen molar-refractivity contribution >= 4 is 33.1 Å². The molecule has 0 N–H and O–H groups in total. The molecule has 0 aliphatic rings. The van der Waals surface area contributed by atoms with Gasteiger partial charge in [0, 0.05) is 24.9 Å². The van der Waals surface area contributed by atoms with Crippen LogP contribution in [0.3, 0.4) is 0 Å². The first-order valence-corrected chi connectivity index (χ1v) is 8.97. The fourth-order valence-electron chi connectivity index (χ4n) is 2.86. The molecule has 0 fully saturated rings. The van der Waals surface area contributed by atoms with E-state index in [1.165, 1.54) is 21.8 Å². The van der Waals surface area contributed by atoms with Gasteiger partial charge in [0.15, 0.2) is 0 Å². The van der Waals surface area contributed by atoms with Crippen LogP contribution < -0.4 is 5.56 Å². The van der Waals surface area contributed by atoms with Crippen molar-refractivity contribution in [2.45, 2.75) is 13.5 Å². The van der Waals surface area contributed by atoms with Gasteiger partial charge in [-0.05, 0) is 36.8 Å². The molecule has 0 saturated carbocycles. The van der Waals surface area contributed by atoms with E-state index in [9.17, 15) is 9.59 Å². The summed E-state index contributed by atoms with van der Waals surface area (Å²) in [5.41, 5.74) is 5.21. The second kappa shape index (κ2) is 6.34. The molecule has 0 spiro atoms. The van der Waals surface area contributed by atoms with Crippen molar-refractivity contribution in [2.75, 3.05) is 7.05 Å². The molecule has 130 valence electrons. The normalized spacial score (nSPS) is 11.2. The number of thiazole rings is 1. The van der Waals surface area contributed by atoms with Gasteiger partial charge in [-0.25, -0.2) is 9.97 Å². The second-order valence-electron chi connectivity index (χ2n) is 6.22. The maximum absolute atomic E-state index is 12.7. The van der Waals surface area contributed by atoms with Gasteiger partial charge >= 0.3 is 0 Å². The molecule has 4 aromatic rings. The summed E-state index contributed by atoms with van der Waals surface area (Å²) >= 11 is 1.50. The maximum atomic E-state index is 12.7. The molecule has 0 atom stereocenters. The number of carbonyl (C=O) groups excluding carboxylic acids is 1. The van der Waals surface area contributed by atoms with Crippen LogP contribution in [0.4, 0.5) is 0 Å². The predicted octanol–water partition coefficient (Wildman–Crippen LogP) is 2.88. The average Bonchev–Trinajstić information content (AvgIpc) is 3.09. The van der Waals surface area contributed by atoms with Crippen LogP contribution in [0.25, 0.3) is 15.9 Å². The first kappa shape index (κ1) is 16.4. The number of benzene rings is 1. The van der Waals surface area contributed by atoms with Crippen LogP contribution in [0.15, 0.2) is 52.9 Å². The number of aryl methyl sites for hydroxylation is 1. The highest BCUT2D eigenvalue weighted by Crippen LogP contribution is 2.20. The van der Waals surface area contributed by atoms with Crippen LogP contribution in [-0.4, -0.2) is 32.2 Å². The zero-order valence-corrected chi connectivity index (χ0v) is 15.2. The minimum atomic E-state index is -0.152. The summed E-state index contributed by atoms with van der Waals surface area (Å²) in [5, 5.41) is 0. The molecule has 0 aliphatic carbocycles. The Morgan fingerprint density at radius 2 is 2.08 bits per heavy atom. The van der Waals surface area contributed by atoms with E-state index >= 15 is 0 Å². The predicted molar refractivity (Wildman–Crippen MR) is 102 cm³/mol. The molecule has 0 radical (unpaired) electrons. The first-order chi connectivity index (χ1) is 12.5. The fraction of sp³-hybridized carbons (Fsp3) is 0.158. The third-order valence-corrected chi connectivity index (χ3v) is 4.98. The Morgan fingerprint density at radius 3 is 2.92 bits per heavy atom. The summed E-state index contributed by atoms with van der Waals surface area (Å²) in [6, 6.07) is 10.6. The highest BCUT2D eigenvalue weighted by Gasteiger charge is 2.14. The van der Waals surface area contributed by atoms with Gasteiger partial charge in [-0.3, -0.25) is 14.0 Å². The standard InChI is InChI=1S/C19H16N4O2S/c1-12-3-6-17-21-14(8-18(24)23(17)9-12)10-22(2)19(25)13-4-5-15-16(7-13)26-11-20-15/h3-9,11H,10H2,1-2H3. The van der Waals surface area contributed by atoms with Crippen LogP contribution in [0.1, 0.15) is 21.6 Å². The van der Waals surface area contributed by atoms with E-state index in [1.807, 2.05) is 25.1 Å². The molecular weight excluding hydrogens is 348 g/mol. The van der Waals surface area contributed by atoms with Crippen LogP contribution in [-0.2, 0) is 6.54 Å². The lowest BCUT2D eigenvalue weighted by molar-refractivity contribution is 0.0783. The number of hydrogen-bond acceptors (Lipinski definition) is 5. The Bertz CT molecular complexity index is 1200. The molecular formula is C19H16N4O2S. The summed E-state index contributed by atoms with van der Waals surface area (Å²) in [6.07, 6.45) is 1.76. The SMILES string of the molecule is Cc1ccc2nc(CN(C)C(=O)c3ccc4ncsc4c3)cc(=O)n2c1.